The molecule has 0 aliphatic heterocycles. The van der Waals surface area contributed by atoms with Crippen molar-refractivity contribution in [2.45, 2.75) is 138 Å². The van der Waals surface area contributed by atoms with Crippen molar-refractivity contribution in [2.24, 2.45) is 23.7 Å². The summed E-state index contributed by atoms with van der Waals surface area (Å²) in [6, 6.07) is 0. The van der Waals surface area contributed by atoms with Crippen molar-refractivity contribution in [3.05, 3.63) is 0 Å². The molecule has 0 rings (SSSR count). The molecule has 0 fully saturated rings. The van der Waals surface area contributed by atoms with Crippen LogP contribution in [-0.4, -0.2) is 52.3 Å². The van der Waals surface area contributed by atoms with Gasteiger partial charge in [-0.3, -0.25) is 28.8 Å². The minimum absolute atomic E-state index is 0.306. The third kappa shape index (κ3) is 13.1. The van der Waals surface area contributed by atoms with Crippen LogP contribution >= 0.6 is 0 Å². The van der Waals surface area contributed by atoms with E-state index in [-0.39, 0.29) is 0 Å². The minimum Gasteiger partial charge on any atom is -0.393 e. The molecule has 5 atom stereocenters. The highest BCUT2D eigenvalue weighted by Crippen LogP contribution is 2.29. The van der Waals surface area contributed by atoms with Crippen molar-refractivity contribution >= 4 is 41.6 Å². The molecule has 0 aromatic heterocycles. The maximum Gasteiger partial charge on any atom is 0.347 e. The SMILES string of the molecule is CCCCC(CC)C(=O)OC(=O)CC(O)(C(=O)OC(=O)C(CC)CCCC)C(C(C)=O)C(=O)OC(=O)C(CC)CCCC. The fourth-order valence-corrected chi connectivity index (χ4v) is 4.76. The lowest BCUT2D eigenvalue weighted by molar-refractivity contribution is -0.193. The minimum atomic E-state index is -3.30. The summed E-state index contributed by atoms with van der Waals surface area (Å²) in [6.07, 6.45) is 5.22. The molecule has 0 saturated carbocycles. The van der Waals surface area contributed by atoms with E-state index in [1.165, 1.54) is 0 Å². The van der Waals surface area contributed by atoms with E-state index in [1.807, 2.05) is 20.8 Å². The molecule has 246 valence electrons. The van der Waals surface area contributed by atoms with E-state index in [9.17, 15) is 38.7 Å². The van der Waals surface area contributed by atoms with Gasteiger partial charge in [-0.15, -0.1) is 0 Å². The van der Waals surface area contributed by atoms with Crippen LogP contribution < -0.4 is 0 Å². The van der Waals surface area contributed by atoms with Gasteiger partial charge >= 0.3 is 35.8 Å². The molecular formula is C32H52O11. The highest BCUT2D eigenvalue weighted by Gasteiger charge is 2.56. The molecule has 0 bridgehead atoms. The van der Waals surface area contributed by atoms with Gasteiger partial charge in [-0.05, 0) is 45.4 Å². The number of hydrogen-bond donors (Lipinski definition) is 1. The second-order valence-electron chi connectivity index (χ2n) is 11.1. The van der Waals surface area contributed by atoms with Crippen LogP contribution in [0.25, 0.3) is 0 Å². The molecular weight excluding hydrogens is 560 g/mol. The Hall–Kier alpha value is -2.95. The second kappa shape index (κ2) is 20.9. The van der Waals surface area contributed by atoms with Gasteiger partial charge in [0, 0.05) is 0 Å². The molecule has 11 heteroatoms. The summed E-state index contributed by atoms with van der Waals surface area (Å²) in [7, 11) is 0. The Kier molecular flexibility index (Phi) is 19.4. The molecule has 0 saturated heterocycles. The Balaban J connectivity index is 6.39. The number of aliphatic hydroxyl groups is 1. The third-order valence-corrected chi connectivity index (χ3v) is 7.69. The highest BCUT2D eigenvalue weighted by molar-refractivity contribution is 6.09. The van der Waals surface area contributed by atoms with Crippen LogP contribution in [0.4, 0.5) is 0 Å². The number of rotatable bonds is 21. The maximum atomic E-state index is 13.4. The lowest BCUT2D eigenvalue weighted by Gasteiger charge is -2.30. The molecule has 1 N–H and O–H groups in total. The van der Waals surface area contributed by atoms with Crippen LogP contribution in [0.5, 0.6) is 0 Å². The van der Waals surface area contributed by atoms with Gasteiger partial charge in [0.1, 0.15) is 5.78 Å². The van der Waals surface area contributed by atoms with Gasteiger partial charge in [-0.25, -0.2) is 4.79 Å². The molecule has 0 spiro atoms. The lowest BCUT2D eigenvalue weighted by Crippen LogP contribution is -2.56. The topological polar surface area (TPSA) is 167 Å². The summed E-state index contributed by atoms with van der Waals surface area (Å²) in [5, 5.41) is 11.6. The van der Waals surface area contributed by atoms with Gasteiger partial charge in [0.05, 0.1) is 24.2 Å². The first-order valence-corrected chi connectivity index (χ1v) is 15.8. The average molecular weight is 613 g/mol. The van der Waals surface area contributed by atoms with Gasteiger partial charge in [-0.2, -0.15) is 0 Å². The van der Waals surface area contributed by atoms with Gasteiger partial charge in [-0.1, -0.05) is 80.1 Å². The van der Waals surface area contributed by atoms with Gasteiger partial charge < -0.3 is 19.3 Å². The second-order valence-corrected chi connectivity index (χ2v) is 11.1. The lowest BCUT2D eigenvalue weighted by atomic mass is 9.81. The Morgan fingerprint density at radius 1 is 0.581 bits per heavy atom. The highest BCUT2D eigenvalue weighted by atomic mass is 16.6. The van der Waals surface area contributed by atoms with Crippen LogP contribution in [0, 0.1) is 23.7 Å². The maximum absolute atomic E-state index is 13.4. The monoisotopic (exact) mass is 612 g/mol. The molecule has 0 aromatic carbocycles. The van der Waals surface area contributed by atoms with Gasteiger partial charge in [0.25, 0.3) is 0 Å². The fourth-order valence-electron chi connectivity index (χ4n) is 4.76. The van der Waals surface area contributed by atoms with Crippen molar-refractivity contribution in [1.82, 2.24) is 0 Å². The molecule has 5 unspecified atom stereocenters. The molecule has 0 radical (unpaired) electrons. The normalized spacial score (nSPS) is 15.3. The van der Waals surface area contributed by atoms with E-state index in [4.69, 9.17) is 14.2 Å². The molecule has 43 heavy (non-hydrogen) atoms. The zero-order valence-corrected chi connectivity index (χ0v) is 27.0. The first-order valence-electron chi connectivity index (χ1n) is 15.8. The quantitative estimate of drug-likeness (QED) is 0.103. The molecule has 11 nitrogen and oxygen atoms in total. The van der Waals surface area contributed by atoms with Gasteiger partial charge in [0.15, 0.2) is 11.5 Å². The smallest absolute Gasteiger partial charge is 0.347 e. The summed E-state index contributed by atoms with van der Waals surface area (Å²) in [5.74, 6) is -13.2. The molecule has 0 aliphatic carbocycles. The summed E-state index contributed by atoms with van der Waals surface area (Å²) in [6.45, 7) is 11.8. The molecule has 0 aromatic rings. The third-order valence-electron chi connectivity index (χ3n) is 7.69. The number of carbonyl (C=O) groups is 7. The summed E-state index contributed by atoms with van der Waals surface area (Å²) >= 11 is 0. The summed E-state index contributed by atoms with van der Waals surface area (Å²) < 4.78 is 14.8. The fraction of sp³-hybridized carbons (Fsp3) is 0.781. The predicted octanol–water partition coefficient (Wildman–Crippen LogP) is 5.17. The number of carbonyl (C=O) groups excluding carboxylic acids is 7. The van der Waals surface area contributed by atoms with E-state index in [1.54, 1.807) is 20.8 Å². The number of unbranched alkanes of at least 4 members (excludes halogenated alkanes) is 3. The average Bonchev–Trinajstić information content (AvgIpc) is 2.93. The van der Waals surface area contributed by atoms with E-state index in [0.29, 0.717) is 57.8 Å². The molecule has 0 aliphatic rings. The van der Waals surface area contributed by atoms with E-state index >= 15 is 0 Å². The Labute approximate surface area is 255 Å². The Morgan fingerprint density at radius 3 is 1.30 bits per heavy atom. The molecule has 0 heterocycles. The largest absolute Gasteiger partial charge is 0.393 e. The van der Waals surface area contributed by atoms with E-state index in [0.717, 1.165) is 26.2 Å². The van der Waals surface area contributed by atoms with Crippen LogP contribution in [-0.2, 0) is 47.8 Å². The summed E-state index contributed by atoms with van der Waals surface area (Å²) in [5.41, 5.74) is -3.30. The Morgan fingerprint density at radius 2 is 0.953 bits per heavy atom. The van der Waals surface area contributed by atoms with Crippen LogP contribution in [0.3, 0.4) is 0 Å². The van der Waals surface area contributed by atoms with Crippen molar-refractivity contribution in [3.8, 4) is 0 Å². The number of ether oxygens (including phenoxy) is 3. The van der Waals surface area contributed by atoms with Gasteiger partial charge in [0.2, 0.25) is 0 Å². The first-order chi connectivity index (χ1) is 20.3. The van der Waals surface area contributed by atoms with Crippen molar-refractivity contribution in [1.29, 1.82) is 0 Å². The van der Waals surface area contributed by atoms with Crippen LogP contribution in [0.15, 0.2) is 0 Å². The number of ketones is 1. The Bertz CT molecular complexity index is 957. The zero-order valence-electron chi connectivity index (χ0n) is 27.0. The number of Topliss-reactive ketones (excluding diaryl/α,β-unsaturated/α-hetero) is 1. The van der Waals surface area contributed by atoms with E-state index in [2.05, 4.69) is 0 Å². The predicted molar refractivity (Wildman–Crippen MR) is 157 cm³/mol. The van der Waals surface area contributed by atoms with Crippen LogP contribution in [0.1, 0.15) is 132 Å². The molecule has 0 amide bonds. The van der Waals surface area contributed by atoms with Crippen molar-refractivity contribution in [3.63, 3.8) is 0 Å². The summed E-state index contributed by atoms with van der Waals surface area (Å²) in [4.78, 5) is 90.4. The first kappa shape index (κ1) is 40.1. The van der Waals surface area contributed by atoms with E-state index < -0.39 is 77.3 Å². The number of hydrogen-bond acceptors (Lipinski definition) is 11. The zero-order chi connectivity index (χ0) is 33.2. The van der Waals surface area contributed by atoms with Crippen LogP contribution in [0.2, 0.25) is 0 Å². The van der Waals surface area contributed by atoms with Crippen molar-refractivity contribution in [2.75, 3.05) is 0 Å². The number of esters is 6. The standard InChI is InChI=1S/C32H52O11/c1-8-14-17-22(11-4)27(35)41-25(34)20-32(40,31(39)43-29(37)24(13-6)19-16-10-3)26(21(7)33)30(38)42-28(36)23(12-5)18-15-9-2/h22-24,26,40H,8-20H2,1-7H3. The van der Waals surface area contributed by atoms with Crippen molar-refractivity contribution < 1.29 is 52.9 Å².